The van der Waals surface area contributed by atoms with E-state index in [-0.39, 0.29) is 6.54 Å². The summed E-state index contributed by atoms with van der Waals surface area (Å²) in [5.41, 5.74) is 1.85. The van der Waals surface area contributed by atoms with E-state index in [4.69, 9.17) is 4.74 Å². The Morgan fingerprint density at radius 1 is 1.37 bits per heavy atom. The molecule has 0 bridgehead atoms. The number of hydrogen-bond donors (Lipinski definition) is 1. The van der Waals surface area contributed by atoms with Crippen molar-refractivity contribution in [3.05, 3.63) is 29.8 Å². The minimum absolute atomic E-state index is 0.0902. The number of aryl methyl sites for hydroxylation is 1. The summed E-state index contributed by atoms with van der Waals surface area (Å²) in [6.45, 7) is 2.39. The number of carbonyl (C=O) groups excluding carboxylic acids is 1. The molecule has 19 heavy (non-hydrogen) atoms. The maximum atomic E-state index is 11.7. The lowest BCUT2D eigenvalue weighted by Gasteiger charge is -2.13. The second-order valence-electron chi connectivity index (χ2n) is 4.57. The van der Waals surface area contributed by atoms with Gasteiger partial charge in [-0.1, -0.05) is 17.7 Å². The first-order valence-corrected chi connectivity index (χ1v) is 7.74. The van der Waals surface area contributed by atoms with E-state index in [1.807, 2.05) is 31.2 Å². The van der Waals surface area contributed by atoms with Gasteiger partial charge in [0.2, 0.25) is 10.0 Å². The van der Waals surface area contributed by atoms with Crippen LogP contribution < -0.4 is 9.62 Å². The number of carbonyl (C=O) groups is 1. The molecule has 1 heterocycles. The summed E-state index contributed by atoms with van der Waals surface area (Å²) >= 11 is 0. The van der Waals surface area contributed by atoms with Crippen molar-refractivity contribution in [2.45, 2.75) is 13.0 Å². The third-order valence-corrected chi connectivity index (χ3v) is 3.48. The number of cyclic esters (lactones) is 1. The molecule has 0 aromatic heterocycles. The fourth-order valence-corrected chi connectivity index (χ4v) is 2.30. The molecular formula is C12H16N2O4S. The van der Waals surface area contributed by atoms with Crippen LogP contribution in [0.2, 0.25) is 0 Å². The molecular weight excluding hydrogens is 268 g/mol. The van der Waals surface area contributed by atoms with Crippen molar-refractivity contribution in [1.82, 2.24) is 4.72 Å². The summed E-state index contributed by atoms with van der Waals surface area (Å²) < 4.78 is 29.4. The van der Waals surface area contributed by atoms with E-state index in [1.165, 1.54) is 4.90 Å². The van der Waals surface area contributed by atoms with Crippen LogP contribution in [0, 0.1) is 6.92 Å². The Labute approximate surface area is 112 Å². The lowest BCUT2D eigenvalue weighted by atomic mass is 10.2. The monoisotopic (exact) mass is 284 g/mol. The highest BCUT2D eigenvalue weighted by Crippen LogP contribution is 2.21. The van der Waals surface area contributed by atoms with Crippen molar-refractivity contribution in [1.29, 1.82) is 0 Å². The first-order chi connectivity index (χ1) is 8.85. The number of nitrogens with zero attached hydrogens (tertiary/aromatic N) is 1. The Hall–Kier alpha value is -1.60. The maximum Gasteiger partial charge on any atom is 0.414 e. The van der Waals surface area contributed by atoms with Crippen LogP contribution in [-0.4, -0.2) is 40.0 Å². The zero-order valence-electron chi connectivity index (χ0n) is 10.8. The van der Waals surface area contributed by atoms with Crippen LogP contribution in [0.5, 0.6) is 0 Å². The van der Waals surface area contributed by atoms with Gasteiger partial charge in [-0.3, -0.25) is 4.90 Å². The Bertz CT molecular complexity index is 568. The molecule has 2 rings (SSSR count). The van der Waals surface area contributed by atoms with Crippen LogP contribution in [0.1, 0.15) is 5.56 Å². The number of sulfonamides is 1. The summed E-state index contributed by atoms with van der Waals surface area (Å²) in [6.07, 6.45) is 0.148. The molecule has 0 spiro atoms. The largest absolute Gasteiger partial charge is 0.443 e. The summed E-state index contributed by atoms with van der Waals surface area (Å²) in [5.74, 6) is 0. The third-order valence-electron chi connectivity index (χ3n) is 2.79. The van der Waals surface area contributed by atoms with E-state index in [0.29, 0.717) is 6.54 Å². The molecule has 1 N–H and O–H groups in total. The number of amides is 1. The highest BCUT2D eigenvalue weighted by molar-refractivity contribution is 7.88. The normalized spacial score (nSPS) is 19.6. The lowest BCUT2D eigenvalue weighted by molar-refractivity contribution is 0.143. The smallest absolute Gasteiger partial charge is 0.414 e. The Balaban J connectivity index is 2.01. The van der Waals surface area contributed by atoms with Crippen molar-refractivity contribution < 1.29 is 17.9 Å². The van der Waals surface area contributed by atoms with Crippen molar-refractivity contribution in [3.63, 3.8) is 0 Å². The zero-order valence-corrected chi connectivity index (χ0v) is 11.6. The topological polar surface area (TPSA) is 75.7 Å². The molecule has 1 amide bonds. The van der Waals surface area contributed by atoms with Gasteiger partial charge >= 0.3 is 6.09 Å². The van der Waals surface area contributed by atoms with Gasteiger partial charge in [0.1, 0.15) is 6.10 Å². The summed E-state index contributed by atoms with van der Waals surface area (Å²) in [5, 5.41) is 0. The number of benzene rings is 1. The van der Waals surface area contributed by atoms with E-state index >= 15 is 0 Å². The van der Waals surface area contributed by atoms with Crippen LogP contribution in [0.15, 0.2) is 24.3 Å². The molecule has 1 aliphatic heterocycles. The Kier molecular flexibility index (Phi) is 3.77. The van der Waals surface area contributed by atoms with E-state index in [9.17, 15) is 13.2 Å². The van der Waals surface area contributed by atoms with Gasteiger partial charge in [0.15, 0.2) is 0 Å². The standard InChI is InChI=1S/C12H16N2O4S/c1-9-3-5-10(6-4-9)14-8-11(18-12(14)15)7-13-19(2,16)17/h3-6,11,13H,7-8H2,1-2H3. The highest BCUT2D eigenvalue weighted by Gasteiger charge is 2.32. The molecule has 1 aromatic rings. The molecule has 6 nitrogen and oxygen atoms in total. The van der Waals surface area contributed by atoms with Crippen molar-refractivity contribution in [3.8, 4) is 0 Å². The van der Waals surface area contributed by atoms with Crippen LogP contribution in [0.3, 0.4) is 0 Å². The van der Waals surface area contributed by atoms with Gasteiger partial charge in [-0.05, 0) is 19.1 Å². The SMILES string of the molecule is Cc1ccc(N2CC(CNS(C)(=O)=O)OC2=O)cc1. The number of anilines is 1. The second kappa shape index (κ2) is 5.18. The molecule has 1 fully saturated rings. The van der Waals surface area contributed by atoms with Crippen molar-refractivity contribution in [2.24, 2.45) is 0 Å². The minimum atomic E-state index is -3.28. The molecule has 1 unspecified atom stereocenters. The quantitative estimate of drug-likeness (QED) is 0.890. The molecule has 0 radical (unpaired) electrons. The Morgan fingerprint density at radius 2 is 2.00 bits per heavy atom. The van der Waals surface area contributed by atoms with Crippen LogP contribution in [-0.2, 0) is 14.8 Å². The molecule has 1 atom stereocenters. The van der Waals surface area contributed by atoms with Gasteiger partial charge < -0.3 is 4.74 Å². The maximum absolute atomic E-state index is 11.7. The van der Waals surface area contributed by atoms with Crippen LogP contribution >= 0.6 is 0 Å². The summed E-state index contributed by atoms with van der Waals surface area (Å²) in [6, 6.07) is 7.49. The summed E-state index contributed by atoms with van der Waals surface area (Å²) in [4.78, 5) is 13.2. The molecule has 104 valence electrons. The van der Waals surface area contributed by atoms with Gasteiger partial charge in [-0.25, -0.2) is 17.9 Å². The number of ether oxygens (including phenoxy) is 1. The van der Waals surface area contributed by atoms with E-state index in [2.05, 4.69) is 4.72 Å². The van der Waals surface area contributed by atoms with Crippen molar-refractivity contribution >= 4 is 21.8 Å². The van der Waals surface area contributed by atoms with Crippen LogP contribution in [0.4, 0.5) is 10.5 Å². The molecule has 1 aromatic carbocycles. The lowest BCUT2D eigenvalue weighted by Crippen LogP contribution is -2.33. The average molecular weight is 284 g/mol. The van der Waals surface area contributed by atoms with Gasteiger partial charge in [0.05, 0.1) is 12.8 Å². The number of hydrogen-bond acceptors (Lipinski definition) is 4. The van der Waals surface area contributed by atoms with Crippen molar-refractivity contribution in [2.75, 3.05) is 24.2 Å². The summed E-state index contributed by atoms with van der Waals surface area (Å²) in [7, 11) is -3.28. The minimum Gasteiger partial charge on any atom is -0.443 e. The van der Waals surface area contributed by atoms with E-state index in [1.54, 1.807) is 0 Å². The highest BCUT2D eigenvalue weighted by atomic mass is 32.2. The molecule has 7 heteroatoms. The van der Waals surface area contributed by atoms with Crippen LogP contribution in [0.25, 0.3) is 0 Å². The van der Waals surface area contributed by atoms with E-state index < -0.39 is 22.2 Å². The average Bonchev–Trinajstić information content (AvgIpc) is 2.68. The predicted molar refractivity (Wildman–Crippen MR) is 71.6 cm³/mol. The van der Waals surface area contributed by atoms with E-state index in [0.717, 1.165) is 17.5 Å². The predicted octanol–water partition coefficient (Wildman–Crippen LogP) is 0.869. The zero-order chi connectivity index (χ0) is 14.0. The van der Waals surface area contributed by atoms with Gasteiger partial charge in [-0.2, -0.15) is 0 Å². The molecule has 0 aliphatic carbocycles. The molecule has 1 aliphatic rings. The van der Waals surface area contributed by atoms with Gasteiger partial charge in [0, 0.05) is 12.2 Å². The second-order valence-corrected chi connectivity index (χ2v) is 6.41. The first kappa shape index (κ1) is 13.8. The molecule has 0 saturated carbocycles. The fraction of sp³-hybridized carbons (Fsp3) is 0.417. The third kappa shape index (κ3) is 3.68. The Morgan fingerprint density at radius 3 is 2.58 bits per heavy atom. The first-order valence-electron chi connectivity index (χ1n) is 5.84. The number of rotatable bonds is 4. The fourth-order valence-electron chi connectivity index (χ4n) is 1.81. The van der Waals surface area contributed by atoms with Gasteiger partial charge in [0.25, 0.3) is 0 Å². The molecule has 1 saturated heterocycles. The van der Waals surface area contributed by atoms with Gasteiger partial charge in [-0.15, -0.1) is 0 Å². The number of nitrogens with one attached hydrogen (secondary N) is 1.